The molecule has 2 aromatic heterocycles. The quantitative estimate of drug-likeness (QED) is 0.712. The van der Waals surface area contributed by atoms with Crippen LogP contribution in [0.3, 0.4) is 0 Å². The third kappa shape index (κ3) is 1.51. The van der Waals surface area contributed by atoms with Crippen LogP contribution in [0.2, 0.25) is 0 Å². The van der Waals surface area contributed by atoms with Crippen LogP contribution in [0, 0.1) is 0 Å². The van der Waals surface area contributed by atoms with E-state index in [2.05, 4.69) is 15.3 Å². The van der Waals surface area contributed by atoms with Gasteiger partial charge in [0.15, 0.2) is 0 Å². The monoisotopic (exact) mass is 192 g/mol. The zero-order chi connectivity index (χ0) is 9.97. The summed E-state index contributed by atoms with van der Waals surface area (Å²) in [6, 6.07) is 0. The molecule has 0 aliphatic carbocycles. The van der Waals surface area contributed by atoms with Crippen molar-refractivity contribution in [2.24, 2.45) is 12.8 Å². The van der Waals surface area contributed by atoms with Crippen LogP contribution in [-0.2, 0) is 20.1 Å². The number of nitrogens with zero attached hydrogens (tertiary/aromatic N) is 5. The van der Waals surface area contributed by atoms with E-state index in [1.165, 1.54) is 0 Å². The number of nitrogens with two attached hydrogens (primary N) is 1. The Morgan fingerprint density at radius 3 is 2.86 bits per heavy atom. The highest BCUT2D eigenvalue weighted by molar-refractivity contribution is 5.02. The molecule has 2 heterocycles. The molecule has 0 atom stereocenters. The topological polar surface area (TPSA) is 74.5 Å². The number of rotatable bonds is 3. The van der Waals surface area contributed by atoms with Crippen LogP contribution in [0.1, 0.15) is 11.4 Å². The third-order valence-electron chi connectivity index (χ3n) is 2.15. The molecule has 2 N–H and O–H groups in total. The Morgan fingerprint density at radius 1 is 1.36 bits per heavy atom. The molecule has 0 aliphatic heterocycles. The van der Waals surface area contributed by atoms with Gasteiger partial charge < -0.3 is 10.3 Å². The van der Waals surface area contributed by atoms with Crippen LogP contribution in [0.5, 0.6) is 0 Å². The lowest BCUT2D eigenvalue weighted by molar-refractivity contribution is 0.635. The van der Waals surface area contributed by atoms with Gasteiger partial charge in [0.1, 0.15) is 0 Å². The maximum atomic E-state index is 5.56. The maximum absolute atomic E-state index is 5.56. The van der Waals surface area contributed by atoms with Gasteiger partial charge in [-0.15, -0.1) is 5.10 Å². The first-order valence-electron chi connectivity index (χ1n) is 4.34. The SMILES string of the molecule is Cn1nncc1Cn1cncc1CN. The molecule has 0 radical (unpaired) electrons. The molecule has 74 valence electrons. The van der Waals surface area contributed by atoms with Crippen LogP contribution in [0.4, 0.5) is 0 Å². The summed E-state index contributed by atoms with van der Waals surface area (Å²) >= 11 is 0. The fraction of sp³-hybridized carbons (Fsp3) is 0.375. The second kappa shape index (κ2) is 3.59. The highest BCUT2D eigenvalue weighted by Gasteiger charge is 2.04. The summed E-state index contributed by atoms with van der Waals surface area (Å²) in [4.78, 5) is 4.04. The predicted octanol–water partition coefficient (Wildman–Crippen LogP) is -0.481. The Hall–Kier alpha value is -1.69. The van der Waals surface area contributed by atoms with E-state index in [1.807, 2.05) is 11.6 Å². The molecule has 0 fully saturated rings. The van der Waals surface area contributed by atoms with Gasteiger partial charge in [-0.3, -0.25) is 4.68 Å². The number of hydrogen-bond donors (Lipinski definition) is 1. The van der Waals surface area contributed by atoms with Crippen LogP contribution in [0.15, 0.2) is 18.7 Å². The standard InChI is InChI=1S/C8H12N6/c1-13-8(4-11-12-13)5-14-6-10-3-7(14)2-9/h3-4,6H,2,5,9H2,1H3. The van der Waals surface area contributed by atoms with Crippen molar-refractivity contribution in [1.29, 1.82) is 0 Å². The molecular formula is C8H12N6. The van der Waals surface area contributed by atoms with Crippen molar-refractivity contribution < 1.29 is 0 Å². The molecule has 6 heteroatoms. The number of aromatic nitrogens is 5. The summed E-state index contributed by atoms with van der Waals surface area (Å²) < 4.78 is 3.72. The predicted molar refractivity (Wildman–Crippen MR) is 50.2 cm³/mol. The molecule has 0 bridgehead atoms. The molecule has 0 amide bonds. The van der Waals surface area contributed by atoms with Crippen molar-refractivity contribution in [2.75, 3.05) is 0 Å². The summed E-state index contributed by atoms with van der Waals surface area (Å²) in [5.41, 5.74) is 7.59. The van der Waals surface area contributed by atoms with Crippen LogP contribution >= 0.6 is 0 Å². The minimum atomic E-state index is 0.491. The maximum Gasteiger partial charge on any atom is 0.0952 e. The molecule has 0 saturated heterocycles. The lowest BCUT2D eigenvalue weighted by Crippen LogP contribution is -2.10. The van der Waals surface area contributed by atoms with Crippen molar-refractivity contribution in [1.82, 2.24) is 24.5 Å². The van der Waals surface area contributed by atoms with E-state index in [4.69, 9.17) is 5.73 Å². The lowest BCUT2D eigenvalue weighted by Gasteiger charge is -2.05. The molecule has 0 aliphatic rings. The number of aryl methyl sites for hydroxylation is 1. The highest BCUT2D eigenvalue weighted by atomic mass is 15.4. The molecular weight excluding hydrogens is 180 g/mol. The van der Waals surface area contributed by atoms with Gasteiger partial charge in [0.2, 0.25) is 0 Å². The fourth-order valence-corrected chi connectivity index (χ4v) is 1.29. The summed E-state index contributed by atoms with van der Waals surface area (Å²) in [7, 11) is 1.86. The van der Waals surface area contributed by atoms with Gasteiger partial charge in [-0.05, 0) is 0 Å². The summed E-state index contributed by atoms with van der Waals surface area (Å²) in [5, 5.41) is 7.66. The van der Waals surface area contributed by atoms with E-state index >= 15 is 0 Å². The zero-order valence-electron chi connectivity index (χ0n) is 7.96. The van der Waals surface area contributed by atoms with Crippen molar-refractivity contribution >= 4 is 0 Å². The van der Waals surface area contributed by atoms with Crippen molar-refractivity contribution in [3.63, 3.8) is 0 Å². The van der Waals surface area contributed by atoms with Crippen LogP contribution in [-0.4, -0.2) is 24.5 Å². The first-order chi connectivity index (χ1) is 6.81. The first kappa shape index (κ1) is 8.89. The van der Waals surface area contributed by atoms with E-state index in [-0.39, 0.29) is 0 Å². The molecule has 0 saturated carbocycles. The van der Waals surface area contributed by atoms with Gasteiger partial charge in [0.05, 0.1) is 30.5 Å². The van der Waals surface area contributed by atoms with E-state index in [0.717, 1.165) is 11.4 Å². The molecule has 0 aromatic carbocycles. The fourth-order valence-electron chi connectivity index (χ4n) is 1.29. The number of hydrogen-bond acceptors (Lipinski definition) is 4. The van der Waals surface area contributed by atoms with Gasteiger partial charge in [-0.1, -0.05) is 5.21 Å². The zero-order valence-corrected chi connectivity index (χ0v) is 7.96. The lowest BCUT2D eigenvalue weighted by atomic mass is 10.4. The Labute approximate surface area is 81.4 Å². The molecule has 6 nitrogen and oxygen atoms in total. The molecule has 14 heavy (non-hydrogen) atoms. The molecule has 0 spiro atoms. The van der Waals surface area contributed by atoms with Gasteiger partial charge in [0.25, 0.3) is 0 Å². The minimum absolute atomic E-state index is 0.491. The van der Waals surface area contributed by atoms with Crippen molar-refractivity contribution in [2.45, 2.75) is 13.1 Å². The second-order valence-corrected chi connectivity index (χ2v) is 3.07. The smallest absolute Gasteiger partial charge is 0.0952 e. The summed E-state index contributed by atoms with van der Waals surface area (Å²) in [6.07, 6.45) is 5.26. The van der Waals surface area contributed by atoms with E-state index in [1.54, 1.807) is 23.4 Å². The second-order valence-electron chi connectivity index (χ2n) is 3.07. The van der Waals surface area contributed by atoms with Gasteiger partial charge in [-0.2, -0.15) is 0 Å². The average Bonchev–Trinajstić information content (AvgIpc) is 2.77. The van der Waals surface area contributed by atoms with Crippen molar-refractivity contribution in [3.05, 3.63) is 30.1 Å². The van der Waals surface area contributed by atoms with Gasteiger partial charge in [0, 0.05) is 19.8 Å². The Kier molecular flexibility index (Phi) is 2.28. The van der Waals surface area contributed by atoms with Crippen LogP contribution < -0.4 is 5.73 Å². The normalized spacial score (nSPS) is 10.7. The number of imidazole rings is 1. The van der Waals surface area contributed by atoms with E-state index in [9.17, 15) is 0 Å². The molecule has 2 rings (SSSR count). The molecule has 2 aromatic rings. The van der Waals surface area contributed by atoms with Gasteiger partial charge >= 0.3 is 0 Å². The summed E-state index contributed by atoms with van der Waals surface area (Å²) in [6.45, 7) is 1.20. The van der Waals surface area contributed by atoms with Gasteiger partial charge in [-0.25, -0.2) is 4.98 Å². The van der Waals surface area contributed by atoms with E-state index in [0.29, 0.717) is 13.1 Å². The Balaban J connectivity index is 2.22. The summed E-state index contributed by atoms with van der Waals surface area (Å²) in [5.74, 6) is 0. The molecule has 0 unspecified atom stereocenters. The highest BCUT2D eigenvalue weighted by Crippen LogP contribution is 2.03. The van der Waals surface area contributed by atoms with Crippen LogP contribution in [0.25, 0.3) is 0 Å². The Bertz CT molecular complexity index is 415. The average molecular weight is 192 g/mol. The Morgan fingerprint density at radius 2 is 2.21 bits per heavy atom. The largest absolute Gasteiger partial charge is 0.327 e. The first-order valence-corrected chi connectivity index (χ1v) is 4.34. The van der Waals surface area contributed by atoms with Crippen molar-refractivity contribution in [3.8, 4) is 0 Å². The third-order valence-corrected chi connectivity index (χ3v) is 2.15. The van der Waals surface area contributed by atoms with E-state index < -0.39 is 0 Å². The minimum Gasteiger partial charge on any atom is -0.327 e.